The van der Waals surface area contributed by atoms with Crippen molar-refractivity contribution >= 4 is 0 Å². The Morgan fingerprint density at radius 3 is 2.73 bits per heavy atom. The lowest BCUT2D eigenvalue weighted by Crippen LogP contribution is -2.47. The highest BCUT2D eigenvalue weighted by atomic mass is 16.3. The van der Waals surface area contributed by atoms with Crippen LogP contribution in [0.1, 0.15) is 33.1 Å². The number of hydrogen-bond donors (Lipinski definition) is 1. The molecule has 0 aromatic heterocycles. The van der Waals surface area contributed by atoms with Crippen LogP contribution in [0.25, 0.3) is 0 Å². The fraction of sp³-hybridized carbons (Fsp3) is 1.00. The third kappa shape index (κ3) is 2.17. The van der Waals surface area contributed by atoms with Crippen molar-refractivity contribution in [3.8, 4) is 0 Å². The van der Waals surface area contributed by atoms with Gasteiger partial charge in [0, 0.05) is 6.54 Å². The minimum atomic E-state index is -0.381. The van der Waals surface area contributed by atoms with Gasteiger partial charge in [-0.05, 0) is 32.4 Å². The van der Waals surface area contributed by atoms with Crippen LogP contribution in [0.15, 0.2) is 0 Å². The fourth-order valence-electron chi connectivity index (χ4n) is 1.76. The quantitative estimate of drug-likeness (QED) is 0.652. The molecule has 1 heterocycles. The molecule has 1 saturated heterocycles. The van der Waals surface area contributed by atoms with E-state index in [2.05, 4.69) is 18.7 Å². The minimum Gasteiger partial charge on any atom is -0.389 e. The highest BCUT2D eigenvalue weighted by molar-refractivity contribution is 4.85. The summed E-state index contributed by atoms with van der Waals surface area (Å²) in [6.45, 7) is 7.34. The molecule has 0 amide bonds. The molecule has 0 aliphatic carbocycles. The fourth-order valence-corrected chi connectivity index (χ4v) is 1.76. The zero-order chi connectivity index (χ0) is 8.32. The monoisotopic (exact) mass is 157 g/mol. The number of rotatable bonds is 2. The molecule has 0 bridgehead atoms. The molecular weight excluding hydrogens is 138 g/mol. The van der Waals surface area contributed by atoms with Gasteiger partial charge >= 0.3 is 0 Å². The van der Waals surface area contributed by atoms with E-state index < -0.39 is 0 Å². The first kappa shape index (κ1) is 9.01. The Labute approximate surface area is 69.2 Å². The van der Waals surface area contributed by atoms with Crippen molar-refractivity contribution in [3.05, 3.63) is 0 Å². The summed E-state index contributed by atoms with van der Waals surface area (Å²) in [5.41, 5.74) is -0.381. The van der Waals surface area contributed by atoms with Crippen LogP contribution < -0.4 is 0 Å². The molecule has 1 atom stereocenters. The van der Waals surface area contributed by atoms with Gasteiger partial charge in [0.2, 0.25) is 0 Å². The molecule has 0 aromatic rings. The molecular formula is C9H19NO. The maximum Gasteiger partial charge on any atom is 0.0771 e. The number of nitrogens with zero attached hydrogens (tertiary/aromatic N) is 1. The summed E-state index contributed by atoms with van der Waals surface area (Å²) < 4.78 is 0. The molecule has 1 fully saturated rings. The Balaban J connectivity index is 2.44. The highest BCUT2D eigenvalue weighted by Gasteiger charge is 2.30. The minimum absolute atomic E-state index is 0.381. The van der Waals surface area contributed by atoms with Gasteiger partial charge in [0.05, 0.1) is 5.60 Å². The van der Waals surface area contributed by atoms with E-state index in [1.807, 2.05) is 0 Å². The Hall–Kier alpha value is -0.0800. The van der Waals surface area contributed by atoms with Crippen molar-refractivity contribution in [2.45, 2.75) is 38.7 Å². The summed E-state index contributed by atoms with van der Waals surface area (Å²) in [6.07, 6.45) is 3.03. The Bertz CT molecular complexity index is 127. The normalized spacial score (nSPS) is 34.1. The predicted octanol–water partition coefficient (Wildman–Crippen LogP) is 1.24. The molecule has 1 rings (SSSR count). The maximum atomic E-state index is 9.94. The van der Waals surface area contributed by atoms with Crippen LogP contribution >= 0.6 is 0 Å². The van der Waals surface area contributed by atoms with Gasteiger partial charge in [-0.25, -0.2) is 0 Å². The molecule has 0 spiro atoms. The van der Waals surface area contributed by atoms with E-state index in [0.29, 0.717) is 0 Å². The van der Waals surface area contributed by atoms with Crippen molar-refractivity contribution in [1.82, 2.24) is 4.90 Å². The van der Waals surface area contributed by atoms with Crippen LogP contribution in [0.5, 0.6) is 0 Å². The second-order valence-corrected chi connectivity index (χ2v) is 3.55. The predicted molar refractivity (Wildman–Crippen MR) is 46.6 cm³/mol. The Morgan fingerprint density at radius 1 is 1.45 bits per heavy atom. The second-order valence-electron chi connectivity index (χ2n) is 3.55. The molecule has 2 heteroatoms. The van der Waals surface area contributed by atoms with Crippen LogP contribution in [0.3, 0.4) is 0 Å². The molecule has 66 valence electrons. The van der Waals surface area contributed by atoms with Crippen molar-refractivity contribution in [3.63, 3.8) is 0 Å². The summed E-state index contributed by atoms with van der Waals surface area (Å²) in [4.78, 5) is 2.33. The van der Waals surface area contributed by atoms with Gasteiger partial charge in [0.1, 0.15) is 0 Å². The number of hydrogen-bond acceptors (Lipinski definition) is 2. The number of likely N-dealkylation sites (N-methyl/N-ethyl adjacent to an activating group) is 1. The van der Waals surface area contributed by atoms with Crippen molar-refractivity contribution in [2.75, 3.05) is 19.6 Å². The van der Waals surface area contributed by atoms with Crippen molar-refractivity contribution in [1.29, 1.82) is 0 Å². The van der Waals surface area contributed by atoms with Gasteiger partial charge in [-0.1, -0.05) is 13.8 Å². The summed E-state index contributed by atoms with van der Waals surface area (Å²) in [5.74, 6) is 0. The Kier molecular flexibility index (Phi) is 2.90. The molecule has 1 N–H and O–H groups in total. The third-order valence-corrected chi connectivity index (χ3v) is 2.74. The van der Waals surface area contributed by atoms with Crippen LogP contribution in [0, 0.1) is 0 Å². The third-order valence-electron chi connectivity index (χ3n) is 2.74. The molecule has 0 unspecified atom stereocenters. The van der Waals surface area contributed by atoms with Crippen molar-refractivity contribution in [2.24, 2.45) is 0 Å². The van der Waals surface area contributed by atoms with Crippen LogP contribution in [-0.4, -0.2) is 35.2 Å². The molecule has 0 radical (unpaired) electrons. The van der Waals surface area contributed by atoms with Gasteiger partial charge in [0.25, 0.3) is 0 Å². The van der Waals surface area contributed by atoms with Crippen LogP contribution in [0.2, 0.25) is 0 Å². The van der Waals surface area contributed by atoms with Crippen LogP contribution in [0.4, 0.5) is 0 Å². The highest BCUT2D eigenvalue weighted by Crippen LogP contribution is 2.23. The SMILES string of the molecule is CCN1CCC[C@](O)(CC)C1. The smallest absolute Gasteiger partial charge is 0.0771 e. The van der Waals surface area contributed by atoms with E-state index in [1.54, 1.807) is 0 Å². The zero-order valence-electron chi connectivity index (χ0n) is 7.64. The summed E-state index contributed by atoms with van der Waals surface area (Å²) in [7, 11) is 0. The van der Waals surface area contributed by atoms with Gasteiger partial charge in [-0.2, -0.15) is 0 Å². The first-order chi connectivity index (χ1) is 5.20. The lowest BCUT2D eigenvalue weighted by Gasteiger charge is -2.38. The zero-order valence-corrected chi connectivity index (χ0v) is 7.64. The second kappa shape index (κ2) is 3.55. The lowest BCUT2D eigenvalue weighted by molar-refractivity contribution is -0.0317. The van der Waals surface area contributed by atoms with Gasteiger partial charge in [-0.15, -0.1) is 0 Å². The average Bonchev–Trinajstić information content (AvgIpc) is 2.05. The van der Waals surface area contributed by atoms with E-state index in [1.165, 1.54) is 6.54 Å². The standard InChI is InChI=1S/C9H19NO/c1-3-9(11)6-5-7-10(4-2)8-9/h11H,3-8H2,1-2H3/t9-/m1/s1. The van der Waals surface area contributed by atoms with E-state index in [-0.39, 0.29) is 5.60 Å². The van der Waals surface area contributed by atoms with Gasteiger partial charge < -0.3 is 10.0 Å². The van der Waals surface area contributed by atoms with Gasteiger partial charge in [-0.3, -0.25) is 0 Å². The number of aliphatic hydroxyl groups is 1. The first-order valence-electron chi connectivity index (χ1n) is 4.65. The maximum absolute atomic E-state index is 9.94. The number of piperidine rings is 1. The first-order valence-corrected chi connectivity index (χ1v) is 4.65. The van der Waals surface area contributed by atoms with E-state index in [0.717, 1.165) is 32.4 Å². The number of likely N-dealkylation sites (tertiary alicyclic amines) is 1. The van der Waals surface area contributed by atoms with Crippen LogP contribution in [-0.2, 0) is 0 Å². The average molecular weight is 157 g/mol. The summed E-state index contributed by atoms with van der Waals surface area (Å²) in [5, 5.41) is 9.94. The topological polar surface area (TPSA) is 23.5 Å². The summed E-state index contributed by atoms with van der Waals surface area (Å²) in [6, 6.07) is 0. The summed E-state index contributed by atoms with van der Waals surface area (Å²) >= 11 is 0. The largest absolute Gasteiger partial charge is 0.389 e. The Morgan fingerprint density at radius 2 is 2.18 bits per heavy atom. The van der Waals surface area contributed by atoms with Crippen molar-refractivity contribution < 1.29 is 5.11 Å². The molecule has 1 aliphatic rings. The lowest BCUT2D eigenvalue weighted by atomic mass is 9.90. The van der Waals surface area contributed by atoms with Gasteiger partial charge in [0.15, 0.2) is 0 Å². The molecule has 0 saturated carbocycles. The van der Waals surface area contributed by atoms with E-state index in [9.17, 15) is 5.11 Å². The molecule has 1 aliphatic heterocycles. The van der Waals surface area contributed by atoms with E-state index in [4.69, 9.17) is 0 Å². The molecule has 0 aromatic carbocycles. The molecule has 2 nitrogen and oxygen atoms in total. The number of β-amino-alcohol motifs (C(OH)–C–C–N with tert-alkyl or cyclic N) is 1. The van der Waals surface area contributed by atoms with E-state index >= 15 is 0 Å². The molecule has 11 heavy (non-hydrogen) atoms.